The topological polar surface area (TPSA) is 21.6 Å². The highest BCUT2D eigenvalue weighted by atomic mass is 31.1. The molecule has 0 unspecified atom stereocenters. The first-order valence-corrected chi connectivity index (χ1v) is 2.25. The van der Waals surface area contributed by atoms with Crippen molar-refractivity contribution in [1.29, 1.82) is 0 Å². The molecule has 1 aliphatic rings. The summed E-state index contributed by atoms with van der Waals surface area (Å²) in [6, 6.07) is 0. The van der Waals surface area contributed by atoms with Crippen LogP contribution in [0.25, 0.3) is 0 Å². The lowest BCUT2D eigenvalue weighted by Gasteiger charge is -1.69. The van der Waals surface area contributed by atoms with Crippen LogP contribution >= 0.6 is 8.60 Å². The third-order valence-corrected chi connectivity index (χ3v) is 1.01. The van der Waals surface area contributed by atoms with Crippen LogP contribution in [-0.2, 0) is 4.52 Å². The molecule has 0 atom stereocenters. The summed E-state index contributed by atoms with van der Waals surface area (Å²) in [6.07, 6.45) is 0. The van der Waals surface area contributed by atoms with Crippen LogP contribution in [-0.4, -0.2) is 13.2 Å². The van der Waals surface area contributed by atoms with E-state index in [9.17, 15) is 0 Å². The Hall–Kier alpha value is 0.0600. The molecule has 0 spiro atoms. The van der Waals surface area contributed by atoms with Crippen molar-refractivity contribution in [3.8, 4) is 0 Å². The maximum absolute atomic E-state index is 4.75. The van der Waals surface area contributed by atoms with Crippen molar-refractivity contribution in [3.63, 3.8) is 0 Å². The second kappa shape index (κ2) is 1.48. The molecule has 0 saturated heterocycles. The molecule has 1 heterocycles. The smallest absolute Gasteiger partial charge is 0.172 e. The fourth-order valence-electron chi connectivity index (χ4n) is 0.204. The lowest BCUT2D eigenvalue weighted by atomic mass is 10.8. The Balaban J connectivity index is 2.32. The monoisotopic (exact) mass is 89.0 g/mol. The molecule has 0 radical (unpaired) electrons. The first kappa shape index (κ1) is 3.26. The Morgan fingerprint density at radius 2 is 2.80 bits per heavy atom. The second-order valence-electron chi connectivity index (χ2n) is 0.780. The Morgan fingerprint density at radius 3 is 3.00 bits per heavy atom. The highest BCUT2D eigenvalue weighted by Crippen LogP contribution is 2.07. The molecule has 28 valence electrons. The van der Waals surface area contributed by atoms with E-state index in [1.54, 1.807) is 0 Å². The first-order valence-electron chi connectivity index (χ1n) is 1.49. The average Bonchev–Trinajstić information content (AvgIpc) is 1.76. The fourth-order valence-corrected chi connectivity index (χ4v) is 0.612. The Morgan fingerprint density at radius 1 is 1.80 bits per heavy atom. The Bertz CT molecular complexity index is 47.6. The molecule has 0 fully saturated rings. The molecule has 0 amide bonds. The van der Waals surface area contributed by atoms with Crippen molar-refractivity contribution in [2.45, 2.75) is 0 Å². The normalized spacial score (nSPS) is 24.0. The molecule has 0 aromatic rings. The SMILES string of the molecule is C1COP=N1. The Labute approximate surface area is 32.1 Å². The molecule has 0 aromatic heterocycles. The van der Waals surface area contributed by atoms with Crippen LogP contribution < -0.4 is 0 Å². The van der Waals surface area contributed by atoms with Crippen LogP contribution in [0.4, 0.5) is 0 Å². The first-order chi connectivity index (χ1) is 2.50. The van der Waals surface area contributed by atoms with Crippen LogP contribution in [0.2, 0.25) is 0 Å². The van der Waals surface area contributed by atoms with Gasteiger partial charge in [-0.1, -0.05) is 0 Å². The summed E-state index contributed by atoms with van der Waals surface area (Å²) in [7, 11) is 0.816. The van der Waals surface area contributed by atoms with Crippen molar-refractivity contribution in [1.82, 2.24) is 0 Å². The van der Waals surface area contributed by atoms with Gasteiger partial charge in [-0.05, 0) is 0 Å². The zero-order valence-corrected chi connectivity index (χ0v) is 3.61. The van der Waals surface area contributed by atoms with Crippen LogP contribution in [0.15, 0.2) is 4.74 Å². The van der Waals surface area contributed by atoms with Gasteiger partial charge in [0.1, 0.15) is 0 Å². The van der Waals surface area contributed by atoms with Crippen LogP contribution in [0, 0.1) is 0 Å². The van der Waals surface area contributed by atoms with E-state index in [1.165, 1.54) is 0 Å². The van der Waals surface area contributed by atoms with Crippen molar-refractivity contribution in [2.75, 3.05) is 13.2 Å². The summed E-state index contributed by atoms with van der Waals surface area (Å²) in [6.45, 7) is 1.71. The van der Waals surface area contributed by atoms with Gasteiger partial charge < -0.3 is 4.52 Å². The van der Waals surface area contributed by atoms with E-state index in [0.29, 0.717) is 0 Å². The molecule has 0 aliphatic carbocycles. The van der Waals surface area contributed by atoms with E-state index in [0.717, 1.165) is 21.8 Å². The molecule has 1 rings (SSSR count). The van der Waals surface area contributed by atoms with E-state index >= 15 is 0 Å². The van der Waals surface area contributed by atoms with E-state index < -0.39 is 0 Å². The van der Waals surface area contributed by atoms with Gasteiger partial charge in [0.25, 0.3) is 0 Å². The molecule has 0 bridgehead atoms. The summed E-state index contributed by atoms with van der Waals surface area (Å²) >= 11 is 0. The molecule has 3 heteroatoms. The van der Waals surface area contributed by atoms with E-state index in [-0.39, 0.29) is 0 Å². The molecule has 0 aromatic carbocycles. The number of rotatable bonds is 0. The summed E-state index contributed by atoms with van der Waals surface area (Å²) in [5.41, 5.74) is 0. The lowest BCUT2D eigenvalue weighted by molar-refractivity contribution is 0.403. The largest absolute Gasteiger partial charge is 0.309 e. The molecule has 2 nitrogen and oxygen atoms in total. The summed E-state index contributed by atoms with van der Waals surface area (Å²) < 4.78 is 8.58. The number of hydrogen-bond acceptors (Lipinski definition) is 2. The second-order valence-corrected chi connectivity index (χ2v) is 1.48. The highest BCUT2D eigenvalue weighted by Gasteiger charge is 1.86. The quantitative estimate of drug-likeness (QED) is 0.406. The zero-order valence-electron chi connectivity index (χ0n) is 2.72. The van der Waals surface area contributed by atoms with Gasteiger partial charge >= 0.3 is 0 Å². The maximum Gasteiger partial charge on any atom is 0.172 e. The average molecular weight is 89.0 g/mol. The minimum absolute atomic E-state index is 0.816. The molecule has 5 heavy (non-hydrogen) atoms. The van der Waals surface area contributed by atoms with Crippen LogP contribution in [0.5, 0.6) is 0 Å². The summed E-state index contributed by atoms with van der Waals surface area (Å²) in [5.74, 6) is 0. The number of hydrogen-bond donors (Lipinski definition) is 0. The standard InChI is InChI=1S/C2H4NOP/c1-2-4-5-3-1/h1-2H2. The molecule has 1 aliphatic heterocycles. The number of nitrogens with zero attached hydrogens (tertiary/aromatic N) is 1. The van der Waals surface area contributed by atoms with Gasteiger partial charge in [0.05, 0.1) is 13.2 Å². The molecular weight excluding hydrogens is 85.0 g/mol. The van der Waals surface area contributed by atoms with Gasteiger partial charge in [-0.25, -0.2) is 4.74 Å². The molecular formula is C2H4NOP. The fraction of sp³-hybridized carbons (Fsp3) is 1.00. The van der Waals surface area contributed by atoms with Crippen LogP contribution in [0.3, 0.4) is 0 Å². The lowest BCUT2D eigenvalue weighted by Crippen LogP contribution is -1.77. The van der Waals surface area contributed by atoms with Crippen LogP contribution in [0.1, 0.15) is 0 Å². The van der Waals surface area contributed by atoms with Gasteiger partial charge in [-0.3, -0.25) is 0 Å². The minimum atomic E-state index is 0.816. The van der Waals surface area contributed by atoms with Gasteiger partial charge in [0.15, 0.2) is 8.60 Å². The highest BCUT2D eigenvalue weighted by molar-refractivity contribution is 7.20. The Kier molecular flexibility index (Phi) is 0.967. The third kappa shape index (κ3) is 0.673. The predicted octanol–water partition coefficient (Wildman–Crippen LogP) is 1.06. The van der Waals surface area contributed by atoms with Gasteiger partial charge in [0.2, 0.25) is 0 Å². The summed E-state index contributed by atoms with van der Waals surface area (Å²) in [4.78, 5) is 0. The van der Waals surface area contributed by atoms with Gasteiger partial charge in [0, 0.05) is 0 Å². The summed E-state index contributed by atoms with van der Waals surface area (Å²) in [5, 5.41) is 0. The van der Waals surface area contributed by atoms with Crippen molar-refractivity contribution < 1.29 is 4.52 Å². The van der Waals surface area contributed by atoms with E-state index in [4.69, 9.17) is 4.52 Å². The van der Waals surface area contributed by atoms with Gasteiger partial charge in [-0.2, -0.15) is 0 Å². The third-order valence-electron chi connectivity index (χ3n) is 0.398. The van der Waals surface area contributed by atoms with Gasteiger partial charge in [-0.15, -0.1) is 0 Å². The predicted molar refractivity (Wildman–Crippen MR) is 20.2 cm³/mol. The van der Waals surface area contributed by atoms with Crippen molar-refractivity contribution >= 4 is 8.60 Å². The minimum Gasteiger partial charge on any atom is -0.309 e. The zero-order chi connectivity index (χ0) is 3.54. The molecule has 0 saturated carbocycles. The molecule has 0 N–H and O–H groups in total. The maximum atomic E-state index is 4.75. The van der Waals surface area contributed by atoms with E-state index in [2.05, 4.69) is 4.74 Å². The van der Waals surface area contributed by atoms with Crippen molar-refractivity contribution in [2.24, 2.45) is 4.74 Å². The van der Waals surface area contributed by atoms with E-state index in [1.807, 2.05) is 0 Å². The van der Waals surface area contributed by atoms with Crippen molar-refractivity contribution in [3.05, 3.63) is 0 Å².